The molecule has 1 aromatic carbocycles. The first-order valence-electron chi connectivity index (χ1n) is 8.89. The molecule has 0 radical (unpaired) electrons. The van der Waals surface area contributed by atoms with E-state index in [1.54, 1.807) is 44.2 Å². The lowest BCUT2D eigenvalue weighted by atomic mass is 10.3. The zero-order chi connectivity index (χ0) is 21.8. The lowest BCUT2D eigenvalue weighted by molar-refractivity contribution is -0.386. The van der Waals surface area contributed by atoms with E-state index in [9.17, 15) is 14.9 Å². The number of nitro groups is 1. The van der Waals surface area contributed by atoms with Gasteiger partial charge in [-0.15, -0.1) is 0 Å². The van der Waals surface area contributed by atoms with Crippen LogP contribution in [0.3, 0.4) is 0 Å². The van der Waals surface area contributed by atoms with Crippen molar-refractivity contribution < 1.29 is 18.9 Å². The van der Waals surface area contributed by atoms with Crippen LogP contribution in [-0.4, -0.2) is 27.2 Å². The van der Waals surface area contributed by atoms with Gasteiger partial charge in [0.1, 0.15) is 29.5 Å². The highest BCUT2D eigenvalue weighted by atomic mass is 79.9. The number of ether oxygens (including phenoxy) is 1. The Morgan fingerprint density at radius 2 is 2.13 bits per heavy atom. The standard InChI is InChI=1S/C19H18BrClN4O5/c1-11-18(25(27)28)12(2)24(23-11)8-7-22-19(26)17-6-4-14(30-17)10-29-16-5-3-13(20)9-15(16)21/h3-6,9H,7-8,10H2,1-2H3,(H,22,26). The van der Waals surface area contributed by atoms with Gasteiger partial charge in [-0.2, -0.15) is 5.10 Å². The summed E-state index contributed by atoms with van der Waals surface area (Å²) in [6.45, 7) is 3.85. The Morgan fingerprint density at radius 1 is 1.37 bits per heavy atom. The first-order valence-corrected chi connectivity index (χ1v) is 10.1. The maximum Gasteiger partial charge on any atom is 0.312 e. The van der Waals surface area contributed by atoms with Gasteiger partial charge < -0.3 is 14.5 Å². The van der Waals surface area contributed by atoms with Gasteiger partial charge >= 0.3 is 5.69 Å². The number of carbonyl (C=O) groups is 1. The molecule has 11 heteroatoms. The van der Waals surface area contributed by atoms with Gasteiger partial charge in [0.15, 0.2) is 5.76 Å². The molecule has 2 heterocycles. The largest absolute Gasteiger partial charge is 0.484 e. The molecule has 0 atom stereocenters. The van der Waals surface area contributed by atoms with Gasteiger partial charge in [-0.05, 0) is 44.2 Å². The summed E-state index contributed by atoms with van der Waals surface area (Å²) in [4.78, 5) is 22.9. The molecule has 1 amide bonds. The summed E-state index contributed by atoms with van der Waals surface area (Å²) in [6, 6.07) is 8.44. The fourth-order valence-corrected chi connectivity index (χ4v) is 3.58. The predicted octanol–water partition coefficient (Wildman–Crippen LogP) is 4.43. The number of hydrogen-bond donors (Lipinski definition) is 1. The number of nitrogens with zero attached hydrogens (tertiary/aromatic N) is 3. The van der Waals surface area contributed by atoms with Crippen LogP contribution >= 0.6 is 27.5 Å². The number of benzene rings is 1. The molecule has 0 fully saturated rings. The van der Waals surface area contributed by atoms with Gasteiger partial charge in [0.05, 0.1) is 16.5 Å². The lowest BCUT2D eigenvalue weighted by Crippen LogP contribution is -2.27. The second-order valence-corrected chi connectivity index (χ2v) is 7.71. The topological polar surface area (TPSA) is 112 Å². The highest BCUT2D eigenvalue weighted by molar-refractivity contribution is 9.10. The Hall–Kier alpha value is -2.85. The first-order chi connectivity index (χ1) is 14.3. The van der Waals surface area contributed by atoms with Crippen LogP contribution in [-0.2, 0) is 13.2 Å². The van der Waals surface area contributed by atoms with E-state index in [-0.39, 0.29) is 24.6 Å². The van der Waals surface area contributed by atoms with E-state index >= 15 is 0 Å². The minimum absolute atomic E-state index is 0.0112. The van der Waals surface area contributed by atoms with Crippen molar-refractivity contribution in [2.75, 3.05) is 6.54 Å². The van der Waals surface area contributed by atoms with Crippen molar-refractivity contribution in [1.82, 2.24) is 15.1 Å². The third-order valence-electron chi connectivity index (χ3n) is 4.28. The van der Waals surface area contributed by atoms with Crippen molar-refractivity contribution in [1.29, 1.82) is 0 Å². The summed E-state index contributed by atoms with van der Waals surface area (Å²) in [5.74, 6) is 0.698. The molecule has 0 bridgehead atoms. The van der Waals surface area contributed by atoms with Crippen molar-refractivity contribution in [3.05, 3.63) is 72.8 Å². The number of halogens is 2. The molecule has 1 N–H and O–H groups in total. The molecule has 158 valence electrons. The quantitative estimate of drug-likeness (QED) is 0.364. The molecule has 0 aliphatic heterocycles. The molecule has 0 saturated heterocycles. The molecule has 0 aliphatic rings. The molecule has 9 nitrogen and oxygen atoms in total. The van der Waals surface area contributed by atoms with E-state index in [1.165, 1.54) is 4.68 Å². The summed E-state index contributed by atoms with van der Waals surface area (Å²) in [6.07, 6.45) is 0. The fraction of sp³-hybridized carbons (Fsp3) is 0.263. The number of nitrogens with one attached hydrogen (secondary N) is 1. The second kappa shape index (κ2) is 9.31. The molecule has 0 spiro atoms. The van der Waals surface area contributed by atoms with Gasteiger partial charge in [0, 0.05) is 11.0 Å². The summed E-state index contributed by atoms with van der Waals surface area (Å²) >= 11 is 9.43. The van der Waals surface area contributed by atoms with Gasteiger partial charge in [-0.25, -0.2) is 0 Å². The minimum atomic E-state index is -0.458. The van der Waals surface area contributed by atoms with E-state index in [1.807, 2.05) is 0 Å². The predicted molar refractivity (Wildman–Crippen MR) is 113 cm³/mol. The zero-order valence-electron chi connectivity index (χ0n) is 16.1. The molecule has 0 saturated carbocycles. The van der Waals surface area contributed by atoms with Crippen LogP contribution in [0.2, 0.25) is 5.02 Å². The molecular weight excluding hydrogens is 480 g/mol. The number of rotatable bonds is 8. The average Bonchev–Trinajstić information content (AvgIpc) is 3.25. The fourth-order valence-electron chi connectivity index (χ4n) is 2.85. The average molecular weight is 498 g/mol. The highest BCUT2D eigenvalue weighted by Gasteiger charge is 2.21. The number of amides is 1. The summed E-state index contributed by atoms with van der Waals surface area (Å²) in [7, 11) is 0. The van der Waals surface area contributed by atoms with Crippen LogP contribution < -0.4 is 10.1 Å². The van der Waals surface area contributed by atoms with E-state index in [4.69, 9.17) is 20.8 Å². The zero-order valence-corrected chi connectivity index (χ0v) is 18.5. The van der Waals surface area contributed by atoms with Gasteiger partial charge in [0.25, 0.3) is 5.91 Å². The molecule has 0 aliphatic carbocycles. The van der Waals surface area contributed by atoms with Crippen LogP contribution in [0.4, 0.5) is 5.69 Å². The third kappa shape index (κ3) is 5.00. The Bertz CT molecular complexity index is 1090. The van der Waals surface area contributed by atoms with Crippen molar-refractivity contribution in [2.24, 2.45) is 0 Å². The second-order valence-electron chi connectivity index (χ2n) is 6.38. The summed E-state index contributed by atoms with van der Waals surface area (Å²) in [5, 5.41) is 18.4. The van der Waals surface area contributed by atoms with Crippen molar-refractivity contribution >= 4 is 39.1 Å². The molecule has 3 aromatic rings. The highest BCUT2D eigenvalue weighted by Crippen LogP contribution is 2.28. The number of carbonyl (C=O) groups excluding carboxylic acids is 1. The Kier molecular flexibility index (Phi) is 6.78. The number of furan rings is 1. The van der Waals surface area contributed by atoms with E-state index in [0.717, 1.165) is 4.47 Å². The third-order valence-corrected chi connectivity index (χ3v) is 5.07. The SMILES string of the molecule is Cc1nn(CCNC(=O)c2ccc(COc3ccc(Br)cc3Cl)o2)c(C)c1[N+](=O)[O-]. The van der Waals surface area contributed by atoms with Crippen LogP contribution in [0.25, 0.3) is 0 Å². The Labute approximate surface area is 185 Å². The normalized spacial score (nSPS) is 10.8. The monoisotopic (exact) mass is 496 g/mol. The number of hydrogen-bond acceptors (Lipinski definition) is 6. The van der Waals surface area contributed by atoms with Gasteiger partial charge in [0.2, 0.25) is 0 Å². The summed E-state index contributed by atoms with van der Waals surface area (Å²) < 4.78 is 13.5. The maximum absolute atomic E-state index is 12.3. The van der Waals surface area contributed by atoms with E-state index in [0.29, 0.717) is 34.5 Å². The maximum atomic E-state index is 12.3. The Morgan fingerprint density at radius 3 is 2.80 bits per heavy atom. The molecule has 2 aromatic heterocycles. The van der Waals surface area contributed by atoms with E-state index in [2.05, 4.69) is 26.3 Å². The van der Waals surface area contributed by atoms with Crippen molar-refractivity contribution in [2.45, 2.75) is 27.0 Å². The number of aromatic nitrogens is 2. The Balaban J connectivity index is 1.53. The van der Waals surface area contributed by atoms with Crippen LogP contribution in [0.15, 0.2) is 39.2 Å². The van der Waals surface area contributed by atoms with Crippen molar-refractivity contribution in [3.63, 3.8) is 0 Å². The molecule has 3 rings (SSSR count). The van der Waals surface area contributed by atoms with Gasteiger partial charge in [-0.3, -0.25) is 19.6 Å². The van der Waals surface area contributed by atoms with Crippen LogP contribution in [0.1, 0.15) is 27.7 Å². The first kappa shape index (κ1) is 21.8. The van der Waals surface area contributed by atoms with Crippen LogP contribution in [0, 0.1) is 24.0 Å². The summed E-state index contributed by atoms with van der Waals surface area (Å²) in [5.41, 5.74) is 0.768. The molecule has 0 unspecified atom stereocenters. The minimum Gasteiger partial charge on any atom is -0.484 e. The van der Waals surface area contributed by atoms with Crippen molar-refractivity contribution in [3.8, 4) is 5.75 Å². The van der Waals surface area contributed by atoms with E-state index < -0.39 is 10.8 Å². The molecule has 30 heavy (non-hydrogen) atoms. The smallest absolute Gasteiger partial charge is 0.312 e. The lowest BCUT2D eigenvalue weighted by Gasteiger charge is -2.07. The number of aryl methyl sites for hydroxylation is 1. The van der Waals surface area contributed by atoms with Gasteiger partial charge in [-0.1, -0.05) is 27.5 Å². The van der Waals surface area contributed by atoms with Crippen LogP contribution in [0.5, 0.6) is 5.75 Å². The molecular formula is C19H18BrClN4O5.